The van der Waals surface area contributed by atoms with Crippen LogP contribution in [0.3, 0.4) is 0 Å². The fourth-order valence-corrected chi connectivity index (χ4v) is 3.71. The Hall–Kier alpha value is -2.13. The number of sulfone groups is 1. The molecule has 0 spiro atoms. The Labute approximate surface area is 175 Å². The minimum atomic E-state index is -3.86. The van der Waals surface area contributed by atoms with Crippen molar-refractivity contribution in [2.24, 2.45) is 5.92 Å². The van der Waals surface area contributed by atoms with Crippen LogP contribution in [0.25, 0.3) is 0 Å². The van der Waals surface area contributed by atoms with E-state index in [0.717, 1.165) is 0 Å². The van der Waals surface area contributed by atoms with E-state index in [1.165, 1.54) is 0 Å². The second-order valence-electron chi connectivity index (χ2n) is 7.80. The third kappa shape index (κ3) is 6.71. The molecule has 29 heavy (non-hydrogen) atoms. The fraction of sp³-hybridized carbons (Fsp3) is 0.526. The van der Waals surface area contributed by atoms with E-state index in [1.54, 1.807) is 45.0 Å². The first-order valence-electron chi connectivity index (χ1n) is 9.21. The molecule has 0 bridgehead atoms. The molecule has 0 aliphatic rings. The molecule has 1 heterocycles. The molecule has 1 aromatic heterocycles. The van der Waals surface area contributed by atoms with E-state index >= 15 is 0 Å². The molecule has 2 atom stereocenters. The number of amides is 1. The van der Waals surface area contributed by atoms with E-state index in [1.807, 2.05) is 13.8 Å². The lowest BCUT2D eigenvalue weighted by Crippen LogP contribution is -2.37. The predicted octanol–water partition coefficient (Wildman–Crippen LogP) is 4.31. The van der Waals surface area contributed by atoms with Gasteiger partial charge in [-0.2, -0.15) is 0 Å². The van der Waals surface area contributed by atoms with Gasteiger partial charge in [-0.3, -0.25) is 0 Å². The molecule has 10 heteroatoms. The van der Waals surface area contributed by atoms with Crippen molar-refractivity contribution in [2.45, 2.75) is 63.7 Å². The van der Waals surface area contributed by atoms with Crippen molar-refractivity contribution in [3.8, 4) is 0 Å². The molecule has 0 radical (unpaired) electrons. The third-order valence-electron chi connectivity index (χ3n) is 4.11. The van der Waals surface area contributed by atoms with E-state index in [9.17, 15) is 13.2 Å². The summed E-state index contributed by atoms with van der Waals surface area (Å²) < 4.78 is 36.0. The molecular formula is C19H26ClN3O5S. The van der Waals surface area contributed by atoms with Crippen LogP contribution in [0.2, 0.25) is 5.02 Å². The summed E-state index contributed by atoms with van der Waals surface area (Å²) in [6.45, 7) is 9.06. The molecule has 8 nitrogen and oxygen atoms in total. The molecule has 1 aromatic carbocycles. The number of carbonyl (C=O) groups excluding carboxylic acids is 1. The van der Waals surface area contributed by atoms with Crippen molar-refractivity contribution < 1.29 is 22.4 Å². The Morgan fingerprint density at radius 3 is 2.41 bits per heavy atom. The normalized spacial score (nSPS) is 14.3. The second-order valence-corrected chi connectivity index (χ2v) is 10.1. The van der Waals surface area contributed by atoms with Crippen molar-refractivity contribution in [3.05, 3.63) is 40.7 Å². The summed E-state index contributed by atoms with van der Waals surface area (Å²) in [5, 5.41) is 10.3. The average molecular weight is 444 g/mol. The van der Waals surface area contributed by atoms with Crippen LogP contribution < -0.4 is 5.32 Å². The molecule has 0 saturated heterocycles. The van der Waals surface area contributed by atoms with Crippen LogP contribution in [-0.4, -0.2) is 30.3 Å². The summed E-state index contributed by atoms with van der Waals surface area (Å²) in [5.74, 6) is -0.381. The van der Waals surface area contributed by atoms with Gasteiger partial charge < -0.3 is 14.5 Å². The number of hydrogen-bond acceptors (Lipinski definition) is 7. The zero-order valence-corrected chi connectivity index (χ0v) is 18.7. The number of aromatic nitrogens is 2. The molecule has 1 N–H and O–H groups in total. The van der Waals surface area contributed by atoms with Crippen LogP contribution in [0.4, 0.5) is 4.79 Å². The molecule has 0 unspecified atom stereocenters. The van der Waals surface area contributed by atoms with Crippen LogP contribution in [0.5, 0.6) is 0 Å². The Balaban J connectivity index is 2.22. The van der Waals surface area contributed by atoms with E-state index in [4.69, 9.17) is 20.8 Å². The fourth-order valence-electron chi connectivity index (χ4n) is 2.45. The molecule has 0 aliphatic carbocycles. The number of benzene rings is 1. The highest BCUT2D eigenvalue weighted by atomic mass is 35.5. The van der Waals surface area contributed by atoms with Gasteiger partial charge in [-0.05, 0) is 44.4 Å². The number of carbonyl (C=O) groups is 1. The number of nitrogens with one attached hydrogen (secondary N) is 1. The van der Waals surface area contributed by atoms with Gasteiger partial charge in [0, 0.05) is 5.02 Å². The maximum atomic E-state index is 12.6. The van der Waals surface area contributed by atoms with Crippen LogP contribution in [0, 0.1) is 5.92 Å². The largest absolute Gasteiger partial charge is 0.444 e. The summed E-state index contributed by atoms with van der Waals surface area (Å²) in [6, 6.07) is 5.76. The van der Waals surface area contributed by atoms with Crippen molar-refractivity contribution in [2.75, 3.05) is 0 Å². The number of nitrogens with zero attached hydrogens (tertiary/aromatic N) is 2. The zero-order valence-electron chi connectivity index (χ0n) is 17.1. The Kier molecular flexibility index (Phi) is 7.29. The summed E-state index contributed by atoms with van der Waals surface area (Å²) in [7, 11) is -3.86. The van der Waals surface area contributed by atoms with Gasteiger partial charge in [0.25, 0.3) is 0 Å². The zero-order chi connectivity index (χ0) is 21.8. The van der Waals surface area contributed by atoms with Gasteiger partial charge in [-0.15, -0.1) is 5.10 Å². The maximum Gasteiger partial charge on any atom is 0.408 e. The van der Waals surface area contributed by atoms with Gasteiger partial charge in [0.05, 0.1) is 5.75 Å². The summed E-state index contributed by atoms with van der Waals surface area (Å²) in [6.07, 6.45) is 0.0435. The number of alkyl carbamates (subject to hydrolysis) is 1. The minimum absolute atomic E-state index is 0.0138. The highest BCUT2D eigenvalue weighted by Crippen LogP contribution is 2.26. The van der Waals surface area contributed by atoms with Gasteiger partial charge in [0.1, 0.15) is 11.6 Å². The highest BCUT2D eigenvalue weighted by molar-refractivity contribution is 7.90. The number of rotatable bonds is 7. The van der Waals surface area contributed by atoms with Crippen molar-refractivity contribution in [1.82, 2.24) is 15.5 Å². The van der Waals surface area contributed by atoms with Gasteiger partial charge in [-0.25, -0.2) is 13.2 Å². The number of hydrogen-bond donors (Lipinski definition) is 1. The lowest BCUT2D eigenvalue weighted by Gasteiger charge is -2.24. The molecular weight excluding hydrogens is 418 g/mol. The quantitative estimate of drug-likeness (QED) is 0.678. The maximum absolute atomic E-state index is 12.6. The lowest BCUT2D eigenvalue weighted by molar-refractivity contribution is 0.0473. The van der Waals surface area contributed by atoms with Gasteiger partial charge in [0.15, 0.2) is 0 Å². The standard InChI is InChI=1S/C19H26ClN3O5S/c1-6-12(2)15(21-17(24)28-19(3,4)5)16-22-23-18(27-16)29(25,26)11-13-7-9-14(20)10-8-13/h7-10,12,15H,6,11H2,1-5H3,(H,21,24)/t12-,15-/m0/s1. The predicted molar refractivity (Wildman–Crippen MR) is 108 cm³/mol. The van der Waals surface area contributed by atoms with Crippen molar-refractivity contribution >= 4 is 27.5 Å². The first-order valence-corrected chi connectivity index (χ1v) is 11.2. The van der Waals surface area contributed by atoms with E-state index in [0.29, 0.717) is 17.0 Å². The molecule has 2 rings (SSSR count). The minimum Gasteiger partial charge on any atom is -0.444 e. The SMILES string of the molecule is CC[C@H](C)[C@H](NC(=O)OC(C)(C)C)c1nnc(S(=O)(=O)Cc2ccc(Cl)cc2)o1. The lowest BCUT2D eigenvalue weighted by atomic mass is 9.99. The molecule has 160 valence electrons. The van der Waals surface area contributed by atoms with Crippen LogP contribution in [0.1, 0.15) is 58.5 Å². The monoisotopic (exact) mass is 443 g/mol. The molecule has 0 aliphatic heterocycles. The summed E-state index contributed by atoms with van der Waals surface area (Å²) in [5.41, 5.74) is -0.133. The average Bonchev–Trinajstić information content (AvgIpc) is 3.10. The number of ether oxygens (including phenoxy) is 1. The van der Waals surface area contributed by atoms with Gasteiger partial charge in [-0.1, -0.05) is 49.1 Å². The molecule has 1 amide bonds. The Bertz CT molecular complexity index is 935. The number of halogens is 1. The summed E-state index contributed by atoms with van der Waals surface area (Å²) in [4.78, 5) is 12.2. The molecule has 0 saturated carbocycles. The molecule has 0 fully saturated rings. The van der Waals surface area contributed by atoms with E-state index in [2.05, 4.69) is 15.5 Å². The van der Waals surface area contributed by atoms with Crippen molar-refractivity contribution in [1.29, 1.82) is 0 Å². The Morgan fingerprint density at radius 2 is 1.86 bits per heavy atom. The van der Waals surface area contributed by atoms with Gasteiger partial charge in [0.2, 0.25) is 15.7 Å². The van der Waals surface area contributed by atoms with E-state index < -0.39 is 32.8 Å². The van der Waals surface area contributed by atoms with Crippen LogP contribution >= 0.6 is 11.6 Å². The highest BCUT2D eigenvalue weighted by Gasteiger charge is 2.31. The first-order chi connectivity index (χ1) is 13.4. The van der Waals surface area contributed by atoms with Crippen molar-refractivity contribution in [3.63, 3.8) is 0 Å². The molecule has 2 aromatic rings. The Morgan fingerprint density at radius 1 is 1.24 bits per heavy atom. The van der Waals surface area contributed by atoms with E-state index in [-0.39, 0.29) is 17.6 Å². The first kappa shape index (κ1) is 23.2. The third-order valence-corrected chi connectivity index (χ3v) is 5.77. The summed E-state index contributed by atoms with van der Waals surface area (Å²) >= 11 is 5.83. The topological polar surface area (TPSA) is 111 Å². The van der Waals surface area contributed by atoms with Crippen LogP contribution in [0.15, 0.2) is 33.9 Å². The van der Waals surface area contributed by atoms with Crippen LogP contribution in [-0.2, 0) is 20.3 Å². The van der Waals surface area contributed by atoms with Gasteiger partial charge >= 0.3 is 11.3 Å². The second kappa shape index (κ2) is 9.13. The smallest absolute Gasteiger partial charge is 0.408 e.